The highest BCUT2D eigenvalue weighted by Crippen LogP contribution is 2.30. The van der Waals surface area contributed by atoms with Crippen LogP contribution in [0.25, 0.3) is 0 Å². The first-order valence-corrected chi connectivity index (χ1v) is 11.0. The summed E-state index contributed by atoms with van der Waals surface area (Å²) in [5.41, 5.74) is 0.747. The normalized spacial score (nSPS) is 14.5. The van der Waals surface area contributed by atoms with E-state index in [4.69, 9.17) is 0 Å². The maximum absolute atomic E-state index is 12.7. The van der Waals surface area contributed by atoms with Gasteiger partial charge in [-0.3, -0.25) is 4.79 Å². The molecule has 1 saturated heterocycles. The predicted octanol–water partition coefficient (Wildman–Crippen LogP) is 5.42. The van der Waals surface area contributed by atoms with Crippen molar-refractivity contribution in [2.24, 2.45) is 5.92 Å². The van der Waals surface area contributed by atoms with Crippen LogP contribution in [-0.4, -0.2) is 24.0 Å². The molecule has 1 aliphatic rings. The molecule has 0 aliphatic carbocycles. The second kappa shape index (κ2) is 9.45. The molecule has 3 heterocycles. The van der Waals surface area contributed by atoms with E-state index in [0.29, 0.717) is 37.4 Å². The number of nitrogens with one attached hydrogen (secondary N) is 1. The fourth-order valence-corrected chi connectivity index (χ4v) is 4.08. The monoisotopic (exact) mass is 455 g/mol. The largest absolute Gasteiger partial charge is 0.417 e. The van der Waals surface area contributed by atoms with Crippen molar-refractivity contribution in [3.05, 3.63) is 76.1 Å². The average molecular weight is 456 g/mol. The summed E-state index contributed by atoms with van der Waals surface area (Å²) in [7, 11) is 0. The number of halogens is 3. The van der Waals surface area contributed by atoms with E-state index in [1.807, 2.05) is 46.7 Å². The molecule has 1 aromatic carbocycles. The first-order valence-electron chi connectivity index (χ1n) is 10.1. The molecule has 1 fully saturated rings. The van der Waals surface area contributed by atoms with Crippen molar-refractivity contribution < 1.29 is 18.0 Å². The van der Waals surface area contributed by atoms with Crippen LogP contribution in [0.2, 0.25) is 0 Å². The fourth-order valence-electron chi connectivity index (χ4n) is 3.51. The number of anilines is 2. The molecule has 4 rings (SSSR count). The first-order chi connectivity index (χ1) is 15.4. The van der Waals surface area contributed by atoms with Crippen LogP contribution in [0.1, 0.15) is 28.8 Å². The molecule has 32 heavy (non-hydrogen) atoms. The van der Waals surface area contributed by atoms with Gasteiger partial charge in [0.2, 0.25) is 5.91 Å². The summed E-state index contributed by atoms with van der Waals surface area (Å²) in [6, 6.07) is 13.7. The summed E-state index contributed by atoms with van der Waals surface area (Å²) >= 11 is 1.57. The Bertz CT molecular complexity index is 1120. The summed E-state index contributed by atoms with van der Waals surface area (Å²) in [4.78, 5) is 19.6. The van der Waals surface area contributed by atoms with Gasteiger partial charge in [0.25, 0.3) is 0 Å². The maximum atomic E-state index is 12.7. The van der Waals surface area contributed by atoms with E-state index in [1.54, 1.807) is 11.3 Å². The third kappa shape index (κ3) is 5.48. The molecule has 8 heteroatoms. The van der Waals surface area contributed by atoms with Crippen LogP contribution >= 0.6 is 11.3 Å². The SMILES string of the molecule is O=C(Nc1cccc(C#Cc2cccs2)c1)C1CCN(c2ccc(C(F)(F)F)cn2)CC1. The van der Waals surface area contributed by atoms with Crippen LogP contribution in [0.4, 0.5) is 24.7 Å². The summed E-state index contributed by atoms with van der Waals surface area (Å²) in [6.07, 6.45) is -2.34. The van der Waals surface area contributed by atoms with E-state index in [2.05, 4.69) is 22.1 Å². The molecule has 0 atom stereocenters. The van der Waals surface area contributed by atoms with E-state index in [9.17, 15) is 18.0 Å². The number of carbonyl (C=O) groups excluding carboxylic acids is 1. The fraction of sp³-hybridized carbons (Fsp3) is 0.250. The number of aromatic nitrogens is 1. The number of benzene rings is 1. The Morgan fingerprint density at radius 3 is 2.56 bits per heavy atom. The van der Waals surface area contributed by atoms with Gasteiger partial charge in [0.1, 0.15) is 5.82 Å². The van der Waals surface area contributed by atoms with Crippen LogP contribution in [0.5, 0.6) is 0 Å². The van der Waals surface area contributed by atoms with Gasteiger partial charge in [0.15, 0.2) is 0 Å². The second-order valence-corrected chi connectivity index (χ2v) is 8.41. The summed E-state index contributed by atoms with van der Waals surface area (Å²) < 4.78 is 38.1. The van der Waals surface area contributed by atoms with Crippen molar-refractivity contribution in [3.63, 3.8) is 0 Å². The maximum Gasteiger partial charge on any atom is 0.417 e. The van der Waals surface area contributed by atoms with Gasteiger partial charge in [0, 0.05) is 36.5 Å². The lowest BCUT2D eigenvalue weighted by atomic mass is 9.95. The zero-order chi connectivity index (χ0) is 22.6. The third-order valence-electron chi connectivity index (χ3n) is 5.25. The summed E-state index contributed by atoms with van der Waals surface area (Å²) in [5, 5.41) is 4.93. The van der Waals surface area contributed by atoms with E-state index < -0.39 is 11.7 Å². The second-order valence-electron chi connectivity index (χ2n) is 7.46. The van der Waals surface area contributed by atoms with Gasteiger partial charge >= 0.3 is 6.18 Å². The Morgan fingerprint density at radius 1 is 1.09 bits per heavy atom. The number of amides is 1. The number of carbonyl (C=O) groups is 1. The van der Waals surface area contributed by atoms with Gasteiger partial charge in [-0.05, 0) is 54.6 Å². The number of piperidine rings is 1. The van der Waals surface area contributed by atoms with Crippen LogP contribution in [0, 0.1) is 17.8 Å². The number of hydrogen-bond acceptors (Lipinski definition) is 4. The van der Waals surface area contributed by atoms with Crippen LogP contribution in [0.15, 0.2) is 60.1 Å². The molecular formula is C24H20F3N3OS. The highest BCUT2D eigenvalue weighted by atomic mass is 32.1. The van der Waals surface area contributed by atoms with Gasteiger partial charge in [-0.15, -0.1) is 11.3 Å². The molecule has 4 nitrogen and oxygen atoms in total. The molecule has 2 aromatic heterocycles. The average Bonchev–Trinajstić information content (AvgIpc) is 3.31. The first kappa shape index (κ1) is 21.9. The number of thiophene rings is 1. The third-order valence-corrected chi connectivity index (χ3v) is 6.03. The number of alkyl halides is 3. The lowest BCUT2D eigenvalue weighted by Crippen LogP contribution is -2.38. The number of hydrogen-bond donors (Lipinski definition) is 1. The summed E-state index contributed by atoms with van der Waals surface area (Å²) in [5.74, 6) is 6.47. The Morgan fingerprint density at radius 2 is 1.91 bits per heavy atom. The van der Waals surface area contributed by atoms with Crippen molar-refractivity contribution in [3.8, 4) is 11.8 Å². The zero-order valence-electron chi connectivity index (χ0n) is 17.0. The van der Waals surface area contributed by atoms with Gasteiger partial charge in [0.05, 0.1) is 10.4 Å². The van der Waals surface area contributed by atoms with Gasteiger partial charge in [-0.2, -0.15) is 13.2 Å². The van der Waals surface area contributed by atoms with E-state index in [-0.39, 0.29) is 11.8 Å². The number of pyridine rings is 1. The van der Waals surface area contributed by atoms with Gasteiger partial charge in [-0.1, -0.05) is 24.0 Å². The number of nitrogens with zero attached hydrogens (tertiary/aromatic N) is 2. The van der Waals surface area contributed by atoms with Crippen molar-refractivity contribution in [2.45, 2.75) is 19.0 Å². The predicted molar refractivity (Wildman–Crippen MR) is 120 cm³/mol. The Hall–Kier alpha value is -3.31. The topological polar surface area (TPSA) is 45.2 Å². The zero-order valence-corrected chi connectivity index (χ0v) is 17.8. The highest BCUT2D eigenvalue weighted by Gasteiger charge is 2.31. The number of rotatable bonds is 3. The van der Waals surface area contributed by atoms with Crippen molar-refractivity contribution in [1.29, 1.82) is 0 Å². The van der Waals surface area contributed by atoms with Gasteiger partial charge in [-0.25, -0.2) is 4.98 Å². The van der Waals surface area contributed by atoms with E-state index in [1.165, 1.54) is 6.07 Å². The van der Waals surface area contributed by atoms with Crippen LogP contribution in [0.3, 0.4) is 0 Å². The van der Waals surface area contributed by atoms with Crippen molar-refractivity contribution in [2.75, 3.05) is 23.3 Å². The smallest absolute Gasteiger partial charge is 0.357 e. The molecule has 3 aromatic rings. The van der Waals surface area contributed by atoms with Crippen LogP contribution < -0.4 is 10.2 Å². The van der Waals surface area contributed by atoms with Crippen LogP contribution in [-0.2, 0) is 11.0 Å². The minimum Gasteiger partial charge on any atom is -0.357 e. The van der Waals surface area contributed by atoms with E-state index in [0.717, 1.165) is 22.7 Å². The lowest BCUT2D eigenvalue weighted by molar-refractivity contribution is -0.137. The highest BCUT2D eigenvalue weighted by molar-refractivity contribution is 7.10. The molecule has 164 valence electrons. The molecule has 0 bridgehead atoms. The quantitative estimate of drug-likeness (QED) is 0.537. The van der Waals surface area contributed by atoms with E-state index >= 15 is 0 Å². The Labute approximate surface area is 188 Å². The molecule has 1 N–H and O–H groups in total. The molecule has 0 saturated carbocycles. The molecule has 1 amide bonds. The molecule has 0 spiro atoms. The standard InChI is InChI=1S/C24H20F3N3OS/c25-24(26,27)19-7-9-22(28-16-19)30-12-10-18(11-13-30)23(31)29-20-4-1-3-17(15-20)6-8-21-5-2-14-32-21/h1-5,7,9,14-16,18H,10-13H2,(H,29,31). The van der Waals surface area contributed by atoms with Gasteiger partial charge < -0.3 is 10.2 Å². The lowest BCUT2D eigenvalue weighted by Gasteiger charge is -2.32. The minimum atomic E-state index is -4.40. The molecule has 0 unspecified atom stereocenters. The Kier molecular flexibility index (Phi) is 6.47. The van der Waals surface area contributed by atoms with Crippen molar-refractivity contribution in [1.82, 2.24) is 4.98 Å². The Balaban J connectivity index is 1.32. The van der Waals surface area contributed by atoms with Crippen molar-refractivity contribution >= 4 is 28.7 Å². The minimum absolute atomic E-state index is 0.0617. The summed E-state index contributed by atoms with van der Waals surface area (Å²) in [6.45, 7) is 1.12. The molecule has 1 aliphatic heterocycles. The molecule has 0 radical (unpaired) electrons. The molecular weight excluding hydrogens is 435 g/mol.